The number of nitrogens with zero attached hydrogens (tertiary/aromatic N) is 4. The topological polar surface area (TPSA) is 60.1 Å². The molecule has 0 saturated carbocycles. The summed E-state index contributed by atoms with van der Waals surface area (Å²) in [4.78, 5) is 9.34. The van der Waals surface area contributed by atoms with E-state index >= 15 is 0 Å². The van der Waals surface area contributed by atoms with Gasteiger partial charge in [0.15, 0.2) is 0 Å². The lowest BCUT2D eigenvalue weighted by Gasteiger charge is -2.32. The van der Waals surface area contributed by atoms with Crippen molar-refractivity contribution in [2.75, 3.05) is 38.5 Å². The number of pyridine rings is 1. The van der Waals surface area contributed by atoms with E-state index in [0.717, 1.165) is 60.7 Å². The smallest absolute Gasteiger partial charge is 0.0930 e. The normalized spacial score (nSPS) is 15.4. The van der Waals surface area contributed by atoms with Gasteiger partial charge in [-0.15, -0.1) is 0 Å². The number of hydrogen-bond donors (Lipinski definition) is 2. The zero-order valence-electron chi connectivity index (χ0n) is 20.0. The maximum Gasteiger partial charge on any atom is 0.0930 e. The van der Waals surface area contributed by atoms with Crippen LogP contribution in [0, 0.1) is 6.92 Å². The number of likely N-dealkylation sites (N-methyl/N-ethyl adjacent to an activating group) is 1. The van der Waals surface area contributed by atoms with Gasteiger partial charge in [-0.2, -0.15) is 5.10 Å². The second-order valence-corrected chi connectivity index (χ2v) is 9.10. The Kier molecular flexibility index (Phi) is 6.70. The Balaban J connectivity index is 1.32. The molecule has 3 heterocycles. The van der Waals surface area contributed by atoms with Gasteiger partial charge in [-0.3, -0.25) is 15.0 Å². The summed E-state index contributed by atoms with van der Waals surface area (Å²) in [5.41, 5.74) is 7.86. The standard InChI is InChI=1S/C28H32N6/c1-21-25(30-19-24-8-3-4-13-29-24)11-12-27-28(21)26(31-32-27)10-9-22-6-5-7-23(18-22)20-34-16-14-33(2)15-17-34/h3-13,18,30H,14-17,19-20H2,1-2H3,(H,31,32)/b10-9+. The molecule has 6 heteroatoms. The van der Waals surface area contributed by atoms with Crippen molar-refractivity contribution in [3.8, 4) is 0 Å². The number of fused-ring (bicyclic) bond motifs is 1. The lowest BCUT2D eigenvalue weighted by molar-refractivity contribution is 0.148. The molecule has 6 nitrogen and oxygen atoms in total. The Morgan fingerprint density at radius 2 is 1.88 bits per heavy atom. The molecular formula is C28H32N6. The van der Waals surface area contributed by atoms with Crippen LogP contribution in [0.4, 0.5) is 5.69 Å². The van der Waals surface area contributed by atoms with Crippen LogP contribution in [-0.2, 0) is 13.1 Å². The molecule has 5 rings (SSSR count). The number of aromatic nitrogens is 3. The molecule has 34 heavy (non-hydrogen) atoms. The highest BCUT2D eigenvalue weighted by Gasteiger charge is 2.14. The monoisotopic (exact) mass is 452 g/mol. The van der Waals surface area contributed by atoms with Crippen LogP contribution < -0.4 is 5.32 Å². The van der Waals surface area contributed by atoms with Gasteiger partial charge in [0.1, 0.15) is 0 Å². The molecule has 0 unspecified atom stereocenters. The van der Waals surface area contributed by atoms with E-state index in [0.29, 0.717) is 6.54 Å². The van der Waals surface area contributed by atoms with Crippen LogP contribution in [0.5, 0.6) is 0 Å². The summed E-state index contributed by atoms with van der Waals surface area (Å²) in [5, 5.41) is 12.4. The minimum atomic E-state index is 0.691. The van der Waals surface area contributed by atoms with Gasteiger partial charge in [-0.25, -0.2) is 0 Å². The van der Waals surface area contributed by atoms with Crippen molar-refractivity contribution in [2.24, 2.45) is 0 Å². The van der Waals surface area contributed by atoms with E-state index in [9.17, 15) is 0 Å². The molecule has 1 fully saturated rings. The second kappa shape index (κ2) is 10.2. The number of aromatic amines is 1. The third-order valence-corrected chi connectivity index (χ3v) is 6.59. The van der Waals surface area contributed by atoms with Crippen molar-refractivity contribution in [1.82, 2.24) is 25.0 Å². The average molecular weight is 453 g/mol. The largest absolute Gasteiger partial charge is 0.379 e. The fourth-order valence-electron chi connectivity index (χ4n) is 4.55. The van der Waals surface area contributed by atoms with Gasteiger partial charge in [0.05, 0.1) is 23.4 Å². The summed E-state index contributed by atoms with van der Waals surface area (Å²) in [7, 11) is 2.20. The summed E-state index contributed by atoms with van der Waals surface area (Å²) < 4.78 is 0. The van der Waals surface area contributed by atoms with Crippen LogP contribution in [0.15, 0.2) is 60.8 Å². The van der Waals surface area contributed by atoms with E-state index in [2.05, 4.69) is 92.8 Å². The number of nitrogens with one attached hydrogen (secondary N) is 2. The summed E-state index contributed by atoms with van der Waals surface area (Å²) in [6.45, 7) is 8.39. The Bertz CT molecular complexity index is 1270. The van der Waals surface area contributed by atoms with E-state index in [4.69, 9.17) is 0 Å². The Morgan fingerprint density at radius 1 is 1.00 bits per heavy atom. The quantitative estimate of drug-likeness (QED) is 0.422. The SMILES string of the molecule is Cc1c(NCc2ccccn2)ccc2[nH]nc(/C=C/c3cccc(CN4CCN(C)CC4)c3)c12. The number of anilines is 1. The van der Waals surface area contributed by atoms with Crippen molar-refractivity contribution >= 4 is 28.7 Å². The molecule has 1 aliphatic heterocycles. The fourth-order valence-corrected chi connectivity index (χ4v) is 4.55. The molecule has 0 aliphatic carbocycles. The molecule has 2 aromatic carbocycles. The second-order valence-electron chi connectivity index (χ2n) is 9.10. The molecule has 174 valence electrons. The van der Waals surface area contributed by atoms with Gasteiger partial charge in [-0.05, 0) is 61.0 Å². The van der Waals surface area contributed by atoms with Crippen molar-refractivity contribution < 1.29 is 0 Å². The molecule has 0 atom stereocenters. The zero-order valence-corrected chi connectivity index (χ0v) is 20.0. The Morgan fingerprint density at radius 3 is 2.71 bits per heavy atom. The van der Waals surface area contributed by atoms with Crippen LogP contribution in [0.1, 0.15) is 28.1 Å². The van der Waals surface area contributed by atoms with E-state index < -0.39 is 0 Å². The number of H-pyrrole nitrogens is 1. The minimum Gasteiger partial charge on any atom is -0.379 e. The molecular weight excluding hydrogens is 420 g/mol. The summed E-state index contributed by atoms with van der Waals surface area (Å²) in [6, 6.07) is 19.0. The predicted octanol–water partition coefficient (Wildman–Crippen LogP) is 4.80. The van der Waals surface area contributed by atoms with Crippen molar-refractivity contribution in [3.05, 3.63) is 88.9 Å². The molecule has 0 radical (unpaired) electrons. The van der Waals surface area contributed by atoms with E-state index in [1.54, 1.807) is 0 Å². The average Bonchev–Trinajstić information content (AvgIpc) is 3.29. The first kappa shape index (κ1) is 22.3. The van der Waals surface area contributed by atoms with Gasteiger partial charge in [0.2, 0.25) is 0 Å². The number of aryl methyl sites for hydroxylation is 1. The van der Waals surface area contributed by atoms with Gasteiger partial charge in [0.25, 0.3) is 0 Å². The third kappa shape index (κ3) is 5.19. The number of hydrogen-bond acceptors (Lipinski definition) is 5. The lowest BCUT2D eigenvalue weighted by atomic mass is 10.0. The molecule has 4 aromatic rings. The van der Waals surface area contributed by atoms with Crippen LogP contribution in [0.2, 0.25) is 0 Å². The Labute approximate surface area is 201 Å². The predicted molar refractivity (Wildman–Crippen MR) is 141 cm³/mol. The molecule has 2 aromatic heterocycles. The Hall–Kier alpha value is -3.48. The first-order valence-corrected chi connectivity index (χ1v) is 11.9. The first-order chi connectivity index (χ1) is 16.7. The minimum absolute atomic E-state index is 0.691. The molecule has 0 amide bonds. The fraction of sp³-hybridized carbons (Fsp3) is 0.286. The van der Waals surface area contributed by atoms with Crippen molar-refractivity contribution in [3.63, 3.8) is 0 Å². The highest BCUT2D eigenvalue weighted by molar-refractivity contribution is 5.94. The molecule has 2 N–H and O–H groups in total. The summed E-state index contributed by atoms with van der Waals surface area (Å²) in [6.07, 6.45) is 6.10. The first-order valence-electron chi connectivity index (χ1n) is 11.9. The third-order valence-electron chi connectivity index (χ3n) is 6.59. The number of piperazine rings is 1. The van der Waals surface area contributed by atoms with Crippen LogP contribution in [0.3, 0.4) is 0 Å². The summed E-state index contributed by atoms with van der Waals surface area (Å²) in [5.74, 6) is 0. The van der Waals surface area contributed by atoms with Gasteiger partial charge < -0.3 is 10.2 Å². The van der Waals surface area contributed by atoms with Crippen LogP contribution in [-0.4, -0.2) is 58.2 Å². The lowest BCUT2D eigenvalue weighted by Crippen LogP contribution is -2.43. The molecule has 1 aliphatic rings. The van der Waals surface area contributed by atoms with Crippen molar-refractivity contribution in [1.29, 1.82) is 0 Å². The molecule has 1 saturated heterocycles. The van der Waals surface area contributed by atoms with Crippen LogP contribution >= 0.6 is 0 Å². The van der Waals surface area contributed by atoms with E-state index in [-0.39, 0.29) is 0 Å². The summed E-state index contributed by atoms with van der Waals surface area (Å²) >= 11 is 0. The highest BCUT2D eigenvalue weighted by Crippen LogP contribution is 2.28. The zero-order chi connectivity index (χ0) is 23.3. The van der Waals surface area contributed by atoms with Crippen molar-refractivity contribution in [2.45, 2.75) is 20.0 Å². The highest BCUT2D eigenvalue weighted by atomic mass is 15.2. The number of rotatable bonds is 7. The van der Waals surface area contributed by atoms with Gasteiger partial charge >= 0.3 is 0 Å². The van der Waals surface area contributed by atoms with Gasteiger partial charge in [0, 0.05) is 50.0 Å². The van der Waals surface area contributed by atoms with E-state index in [1.807, 2.05) is 24.4 Å². The molecule has 0 bridgehead atoms. The maximum absolute atomic E-state index is 4.59. The van der Waals surface area contributed by atoms with Gasteiger partial charge in [-0.1, -0.05) is 36.4 Å². The number of benzene rings is 2. The maximum atomic E-state index is 4.59. The van der Waals surface area contributed by atoms with E-state index in [1.165, 1.54) is 16.7 Å². The molecule has 0 spiro atoms. The van der Waals surface area contributed by atoms with Crippen LogP contribution in [0.25, 0.3) is 23.1 Å².